The first-order chi connectivity index (χ1) is 6.83. The number of para-hydroxylation sites is 1. The zero-order valence-corrected chi connectivity index (χ0v) is 9.96. The fourth-order valence-corrected chi connectivity index (χ4v) is 2.58. The third kappa shape index (κ3) is 1.81. The van der Waals surface area contributed by atoms with E-state index in [0.717, 1.165) is 18.8 Å². The molecule has 0 aliphatic carbocycles. The van der Waals surface area contributed by atoms with Crippen molar-refractivity contribution < 1.29 is 4.74 Å². The SMILES string of the molecule is CCC(Br)C1CCOc2ccccc21. The lowest BCUT2D eigenvalue weighted by atomic mass is 9.89. The summed E-state index contributed by atoms with van der Waals surface area (Å²) >= 11 is 3.75. The average molecular weight is 255 g/mol. The van der Waals surface area contributed by atoms with Gasteiger partial charge in [0.15, 0.2) is 0 Å². The number of hydrogen-bond donors (Lipinski definition) is 0. The highest BCUT2D eigenvalue weighted by Crippen LogP contribution is 2.38. The van der Waals surface area contributed by atoms with Crippen LogP contribution in [0, 0.1) is 0 Å². The average Bonchev–Trinajstić information content (AvgIpc) is 2.27. The van der Waals surface area contributed by atoms with Gasteiger partial charge in [-0.15, -0.1) is 0 Å². The van der Waals surface area contributed by atoms with Crippen LogP contribution >= 0.6 is 15.9 Å². The molecule has 1 nitrogen and oxygen atoms in total. The van der Waals surface area contributed by atoms with E-state index >= 15 is 0 Å². The van der Waals surface area contributed by atoms with Crippen LogP contribution in [-0.4, -0.2) is 11.4 Å². The molecule has 0 saturated heterocycles. The van der Waals surface area contributed by atoms with Gasteiger partial charge in [-0.2, -0.15) is 0 Å². The Labute approximate surface area is 93.6 Å². The van der Waals surface area contributed by atoms with Gasteiger partial charge in [0.1, 0.15) is 5.75 Å². The minimum absolute atomic E-state index is 0.576. The highest BCUT2D eigenvalue weighted by atomic mass is 79.9. The normalized spacial score (nSPS) is 22.3. The molecule has 1 heterocycles. The molecule has 0 bridgehead atoms. The number of halogens is 1. The van der Waals surface area contributed by atoms with Crippen LogP contribution in [0.4, 0.5) is 0 Å². The van der Waals surface area contributed by atoms with E-state index in [0.29, 0.717) is 10.7 Å². The van der Waals surface area contributed by atoms with Crippen molar-refractivity contribution >= 4 is 15.9 Å². The number of fused-ring (bicyclic) bond motifs is 1. The van der Waals surface area contributed by atoms with Crippen LogP contribution in [-0.2, 0) is 0 Å². The zero-order valence-electron chi connectivity index (χ0n) is 8.37. The monoisotopic (exact) mass is 254 g/mol. The van der Waals surface area contributed by atoms with Crippen LogP contribution in [0.1, 0.15) is 31.2 Å². The summed E-state index contributed by atoms with van der Waals surface area (Å²) in [6.07, 6.45) is 2.29. The fourth-order valence-electron chi connectivity index (χ4n) is 2.03. The fraction of sp³-hybridized carbons (Fsp3) is 0.500. The topological polar surface area (TPSA) is 9.23 Å². The van der Waals surface area contributed by atoms with Crippen molar-refractivity contribution in [2.45, 2.75) is 30.5 Å². The number of rotatable bonds is 2. The van der Waals surface area contributed by atoms with E-state index in [1.807, 2.05) is 6.07 Å². The molecule has 0 fully saturated rings. The van der Waals surface area contributed by atoms with Crippen molar-refractivity contribution in [1.29, 1.82) is 0 Å². The van der Waals surface area contributed by atoms with Gasteiger partial charge in [-0.05, 0) is 24.5 Å². The first-order valence-corrected chi connectivity index (χ1v) is 6.10. The summed E-state index contributed by atoms with van der Waals surface area (Å²) in [7, 11) is 0. The molecule has 0 radical (unpaired) electrons. The molecule has 2 unspecified atom stereocenters. The molecule has 1 aromatic rings. The summed E-state index contributed by atoms with van der Waals surface area (Å²) in [5.41, 5.74) is 1.36. The van der Waals surface area contributed by atoms with Crippen molar-refractivity contribution in [1.82, 2.24) is 0 Å². The van der Waals surface area contributed by atoms with Gasteiger partial charge in [-0.1, -0.05) is 41.1 Å². The minimum atomic E-state index is 0.576. The quantitative estimate of drug-likeness (QED) is 0.732. The van der Waals surface area contributed by atoms with Gasteiger partial charge in [0.2, 0.25) is 0 Å². The maximum atomic E-state index is 5.63. The predicted octanol–water partition coefficient (Wildman–Crippen LogP) is 3.73. The van der Waals surface area contributed by atoms with Gasteiger partial charge in [0.05, 0.1) is 6.61 Å². The summed E-state index contributed by atoms with van der Waals surface area (Å²) in [4.78, 5) is 0.576. The number of ether oxygens (including phenoxy) is 1. The van der Waals surface area contributed by atoms with E-state index in [1.165, 1.54) is 12.0 Å². The van der Waals surface area contributed by atoms with Gasteiger partial charge in [0.25, 0.3) is 0 Å². The van der Waals surface area contributed by atoms with Gasteiger partial charge >= 0.3 is 0 Å². The van der Waals surface area contributed by atoms with E-state index in [4.69, 9.17) is 4.74 Å². The van der Waals surface area contributed by atoms with E-state index in [-0.39, 0.29) is 0 Å². The lowest BCUT2D eigenvalue weighted by Crippen LogP contribution is -2.20. The Balaban J connectivity index is 2.30. The lowest BCUT2D eigenvalue weighted by Gasteiger charge is -2.28. The molecule has 76 valence electrons. The van der Waals surface area contributed by atoms with Crippen LogP contribution in [0.2, 0.25) is 0 Å². The van der Waals surface area contributed by atoms with Crippen molar-refractivity contribution in [3.8, 4) is 5.75 Å². The van der Waals surface area contributed by atoms with Gasteiger partial charge in [0, 0.05) is 10.7 Å². The van der Waals surface area contributed by atoms with Crippen LogP contribution in [0.15, 0.2) is 24.3 Å². The third-order valence-corrected chi connectivity index (χ3v) is 4.12. The van der Waals surface area contributed by atoms with E-state index < -0.39 is 0 Å². The maximum absolute atomic E-state index is 5.63. The molecular weight excluding hydrogens is 240 g/mol. The Bertz CT molecular complexity index is 311. The molecule has 0 saturated carbocycles. The Kier molecular flexibility index (Phi) is 3.12. The molecular formula is C12H15BrO. The predicted molar refractivity (Wildman–Crippen MR) is 62.3 cm³/mol. The number of alkyl halides is 1. The summed E-state index contributed by atoms with van der Waals surface area (Å²) in [6.45, 7) is 3.07. The third-order valence-electron chi connectivity index (χ3n) is 2.83. The molecule has 2 atom stereocenters. The molecule has 0 spiro atoms. The minimum Gasteiger partial charge on any atom is -0.493 e. The molecule has 1 aliphatic heterocycles. The summed E-state index contributed by atoms with van der Waals surface area (Å²) in [6, 6.07) is 8.38. The highest BCUT2D eigenvalue weighted by molar-refractivity contribution is 9.09. The van der Waals surface area contributed by atoms with Gasteiger partial charge < -0.3 is 4.74 Å². The van der Waals surface area contributed by atoms with Crippen LogP contribution in [0.25, 0.3) is 0 Å². The molecule has 1 aliphatic rings. The highest BCUT2D eigenvalue weighted by Gasteiger charge is 2.25. The van der Waals surface area contributed by atoms with Crippen molar-refractivity contribution in [3.05, 3.63) is 29.8 Å². The molecule has 1 aromatic carbocycles. The van der Waals surface area contributed by atoms with Gasteiger partial charge in [-0.3, -0.25) is 0 Å². The summed E-state index contributed by atoms with van der Waals surface area (Å²) in [5.74, 6) is 1.69. The number of benzene rings is 1. The first kappa shape index (κ1) is 10.0. The second-order valence-corrected chi connectivity index (χ2v) is 4.88. The second kappa shape index (κ2) is 4.35. The number of hydrogen-bond acceptors (Lipinski definition) is 1. The molecule has 0 N–H and O–H groups in total. The maximum Gasteiger partial charge on any atom is 0.122 e. The van der Waals surface area contributed by atoms with Crippen molar-refractivity contribution in [2.24, 2.45) is 0 Å². The summed E-state index contributed by atoms with van der Waals surface area (Å²) < 4.78 is 5.63. The largest absolute Gasteiger partial charge is 0.493 e. The Hall–Kier alpha value is -0.500. The Morgan fingerprint density at radius 2 is 2.29 bits per heavy atom. The lowest BCUT2D eigenvalue weighted by molar-refractivity contribution is 0.265. The van der Waals surface area contributed by atoms with Crippen molar-refractivity contribution in [2.75, 3.05) is 6.61 Å². The van der Waals surface area contributed by atoms with Crippen LogP contribution < -0.4 is 4.74 Å². The van der Waals surface area contributed by atoms with Crippen LogP contribution in [0.3, 0.4) is 0 Å². The smallest absolute Gasteiger partial charge is 0.122 e. The molecule has 0 amide bonds. The van der Waals surface area contributed by atoms with Crippen molar-refractivity contribution in [3.63, 3.8) is 0 Å². The van der Waals surface area contributed by atoms with E-state index in [1.54, 1.807) is 0 Å². The molecule has 2 rings (SSSR count). The zero-order chi connectivity index (χ0) is 9.97. The van der Waals surface area contributed by atoms with E-state index in [9.17, 15) is 0 Å². The second-order valence-electron chi connectivity index (χ2n) is 3.71. The molecule has 14 heavy (non-hydrogen) atoms. The standard InChI is InChI=1S/C12H15BrO/c1-2-11(13)9-7-8-14-12-6-4-3-5-10(9)12/h3-6,9,11H,2,7-8H2,1H3. The van der Waals surface area contributed by atoms with Crippen LogP contribution in [0.5, 0.6) is 5.75 Å². The first-order valence-electron chi connectivity index (χ1n) is 5.18. The summed E-state index contributed by atoms with van der Waals surface area (Å²) in [5, 5.41) is 0. The van der Waals surface area contributed by atoms with Gasteiger partial charge in [-0.25, -0.2) is 0 Å². The Morgan fingerprint density at radius 3 is 3.07 bits per heavy atom. The van der Waals surface area contributed by atoms with E-state index in [2.05, 4.69) is 41.1 Å². The molecule has 2 heteroatoms. The Morgan fingerprint density at radius 1 is 1.50 bits per heavy atom. The molecule has 0 aromatic heterocycles.